The van der Waals surface area contributed by atoms with Crippen molar-refractivity contribution in [3.8, 4) is 5.75 Å². The van der Waals surface area contributed by atoms with Crippen LogP contribution >= 0.6 is 0 Å². The molecule has 0 aliphatic heterocycles. The van der Waals surface area contributed by atoms with E-state index >= 15 is 0 Å². The number of aliphatic hydroxyl groups is 1. The normalized spacial score (nSPS) is 36.0. The summed E-state index contributed by atoms with van der Waals surface area (Å²) in [7, 11) is 0. The van der Waals surface area contributed by atoms with Crippen LogP contribution in [0.1, 0.15) is 62.0 Å². The molecule has 0 aromatic heterocycles. The van der Waals surface area contributed by atoms with E-state index in [9.17, 15) is 10.2 Å². The molecule has 4 rings (SSSR count). The molecule has 1 aromatic carbocycles. The van der Waals surface area contributed by atoms with Gasteiger partial charge in [-0.1, -0.05) is 12.5 Å². The highest BCUT2D eigenvalue weighted by molar-refractivity contribution is 5.40. The van der Waals surface area contributed by atoms with Crippen LogP contribution in [0, 0.1) is 17.3 Å². The molecule has 2 fully saturated rings. The van der Waals surface area contributed by atoms with Gasteiger partial charge in [-0.15, -0.1) is 0 Å². The summed E-state index contributed by atoms with van der Waals surface area (Å²) in [4.78, 5) is 0. The molecule has 0 unspecified atom stereocenters. The first-order valence-corrected chi connectivity index (χ1v) is 8.66. The van der Waals surface area contributed by atoms with Crippen molar-refractivity contribution in [2.45, 2.75) is 57.3 Å². The van der Waals surface area contributed by atoms with Gasteiger partial charge in [0.25, 0.3) is 0 Å². The number of hydrogen-bond acceptors (Lipinski definition) is 2. The van der Waals surface area contributed by atoms with Gasteiger partial charge in [0.2, 0.25) is 0 Å². The quantitative estimate of drug-likeness (QED) is 0.881. The van der Waals surface area contributed by atoms with Gasteiger partial charge in [-0.05, 0) is 91.4 Å². The highest BCUT2D eigenvalue weighted by atomic mass is 16.3. The Labute approximate surface area is 132 Å². The summed E-state index contributed by atoms with van der Waals surface area (Å²) in [6, 6.07) is 6.02. The molecule has 1 aromatic rings. The lowest BCUT2D eigenvalue weighted by Crippen LogP contribution is -2.41. The average Bonchev–Trinajstić information content (AvgIpc) is 2.90. The number of phenols is 1. The summed E-state index contributed by atoms with van der Waals surface area (Å²) in [5, 5.41) is 19.2. The van der Waals surface area contributed by atoms with Crippen molar-refractivity contribution in [2.24, 2.45) is 17.3 Å². The van der Waals surface area contributed by atoms with E-state index < -0.39 is 0 Å². The summed E-state index contributed by atoms with van der Waals surface area (Å²) >= 11 is 0. The molecule has 0 radical (unpaired) electrons. The van der Waals surface area contributed by atoms with E-state index in [4.69, 9.17) is 0 Å². The number of aryl methyl sites for hydroxylation is 1. The topological polar surface area (TPSA) is 72.0 Å². The van der Waals surface area contributed by atoms with Crippen LogP contribution in [0.2, 0.25) is 0 Å². The van der Waals surface area contributed by atoms with Crippen LogP contribution in [0.5, 0.6) is 5.75 Å². The van der Waals surface area contributed by atoms with E-state index in [1.165, 1.54) is 49.7 Å². The summed E-state index contributed by atoms with van der Waals surface area (Å²) in [5.41, 5.74) is 3.34. The molecule has 3 aliphatic rings. The third-order valence-corrected chi connectivity index (χ3v) is 6.85. The van der Waals surface area contributed by atoms with Crippen LogP contribution < -0.4 is 0 Å². The Balaban J connectivity index is 0.00000144. The summed E-state index contributed by atoms with van der Waals surface area (Å²) in [5.74, 6) is 2.75. The molecule has 4 N–H and O–H groups in total. The van der Waals surface area contributed by atoms with Crippen molar-refractivity contribution in [1.29, 1.82) is 0 Å². The van der Waals surface area contributed by atoms with Gasteiger partial charge >= 0.3 is 0 Å². The fraction of sp³-hybridized carbons (Fsp3) is 0.684. The maximum atomic E-state index is 9.72. The Morgan fingerprint density at radius 3 is 2.82 bits per heavy atom. The first-order valence-electron chi connectivity index (χ1n) is 8.66. The van der Waals surface area contributed by atoms with E-state index in [-0.39, 0.29) is 5.48 Å². The molecule has 22 heavy (non-hydrogen) atoms. The zero-order valence-corrected chi connectivity index (χ0v) is 13.2. The monoisotopic (exact) mass is 304 g/mol. The highest BCUT2D eigenvalue weighted by Gasteiger charge is 2.52. The lowest BCUT2D eigenvalue weighted by atomic mass is 9.54. The second-order valence-corrected chi connectivity index (χ2v) is 7.57. The average molecular weight is 304 g/mol. The summed E-state index contributed by atoms with van der Waals surface area (Å²) < 4.78 is 0. The highest BCUT2D eigenvalue weighted by Crippen LogP contribution is 2.62. The van der Waals surface area contributed by atoms with Crippen molar-refractivity contribution in [3.05, 3.63) is 29.3 Å². The molecule has 122 valence electrons. The SMILES string of the molecule is O.OCC[C@@]12CCC[C@H]1[C@@H]1CCc3cc(O)ccc3[C@H]1CC2. The standard InChI is InChI=1S/C19H26O2.H2O/c20-11-10-19-8-1-2-18(19)17-5-3-13-12-14(21)4-6-15(13)16(17)7-9-19;/h4,6,12,16-18,20-21H,1-3,5,7-11H2;1H2/t16-,17-,18+,19+;/m1./s1. The number of phenolic OH excluding ortho intramolecular Hbond substituents is 1. The Morgan fingerprint density at radius 1 is 1.14 bits per heavy atom. The van der Waals surface area contributed by atoms with Crippen LogP contribution in [0.3, 0.4) is 0 Å². The molecular weight excluding hydrogens is 276 g/mol. The van der Waals surface area contributed by atoms with Crippen LogP contribution in [-0.4, -0.2) is 22.3 Å². The van der Waals surface area contributed by atoms with E-state index in [1.54, 1.807) is 0 Å². The summed E-state index contributed by atoms with van der Waals surface area (Å²) in [6.45, 7) is 0.359. The number of benzene rings is 1. The molecule has 0 amide bonds. The number of rotatable bonds is 2. The zero-order valence-electron chi connectivity index (χ0n) is 13.2. The van der Waals surface area contributed by atoms with Gasteiger partial charge in [-0.3, -0.25) is 0 Å². The van der Waals surface area contributed by atoms with Crippen molar-refractivity contribution >= 4 is 0 Å². The molecule has 4 atom stereocenters. The molecule has 2 saturated carbocycles. The molecule has 0 saturated heterocycles. The minimum atomic E-state index is 0. The molecule has 3 heteroatoms. The largest absolute Gasteiger partial charge is 0.508 e. The fourth-order valence-corrected chi connectivity index (χ4v) is 6.02. The molecule has 0 spiro atoms. The first kappa shape index (κ1) is 15.8. The van der Waals surface area contributed by atoms with Gasteiger partial charge in [0.1, 0.15) is 5.75 Å². The van der Waals surface area contributed by atoms with Gasteiger partial charge in [-0.25, -0.2) is 0 Å². The van der Waals surface area contributed by atoms with Crippen LogP contribution in [-0.2, 0) is 6.42 Å². The second kappa shape index (κ2) is 5.86. The minimum absolute atomic E-state index is 0. The minimum Gasteiger partial charge on any atom is -0.508 e. The van der Waals surface area contributed by atoms with E-state index in [0.717, 1.165) is 24.7 Å². The Kier molecular flexibility index (Phi) is 4.21. The molecule has 3 nitrogen and oxygen atoms in total. The van der Waals surface area contributed by atoms with Crippen LogP contribution in [0.15, 0.2) is 18.2 Å². The zero-order chi connectivity index (χ0) is 14.4. The fourth-order valence-electron chi connectivity index (χ4n) is 6.02. The van der Waals surface area contributed by atoms with E-state index in [0.29, 0.717) is 23.7 Å². The molecule has 0 bridgehead atoms. The lowest BCUT2D eigenvalue weighted by Gasteiger charge is -2.50. The van der Waals surface area contributed by atoms with Crippen molar-refractivity contribution in [1.82, 2.24) is 0 Å². The smallest absolute Gasteiger partial charge is 0.115 e. The predicted octanol–water partition coefficient (Wildman–Crippen LogP) is 3.18. The number of aromatic hydroxyl groups is 1. The third kappa shape index (κ3) is 2.26. The molecular formula is C19H28O3. The van der Waals surface area contributed by atoms with Crippen LogP contribution in [0.25, 0.3) is 0 Å². The maximum absolute atomic E-state index is 9.72. The Bertz CT molecular complexity index is 541. The van der Waals surface area contributed by atoms with Gasteiger partial charge in [-0.2, -0.15) is 0 Å². The number of fused-ring (bicyclic) bond motifs is 5. The molecule has 0 heterocycles. The number of hydrogen-bond donors (Lipinski definition) is 2. The van der Waals surface area contributed by atoms with Gasteiger partial charge in [0.05, 0.1) is 0 Å². The van der Waals surface area contributed by atoms with Gasteiger partial charge < -0.3 is 15.7 Å². The third-order valence-electron chi connectivity index (χ3n) is 6.85. The van der Waals surface area contributed by atoms with Crippen molar-refractivity contribution in [2.75, 3.05) is 6.61 Å². The van der Waals surface area contributed by atoms with E-state index in [1.807, 2.05) is 12.1 Å². The maximum Gasteiger partial charge on any atom is 0.115 e. The summed E-state index contributed by atoms with van der Waals surface area (Å²) in [6.07, 6.45) is 10.0. The lowest BCUT2D eigenvalue weighted by molar-refractivity contribution is 0.0230. The molecule has 3 aliphatic carbocycles. The van der Waals surface area contributed by atoms with Gasteiger partial charge in [0.15, 0.2) is 0 Å². The number of aliphatic hydroxyl groups excluding tert-OH is 1. The predicted molar refractivity (Wildman–Crippen MR) is 87.0 cm³/mol. The second-order valence-electron chi connectivity index (χ2n) is 7.57. The first-order chi connectivity index (χ1) is 10.2. The Morgan fingerprint density at radius 2 is 2.00 bits per heavy atom. The van der Waals surface area contributed by atoms with Crippen molar-refractivity contribution < 1.29 is 15.7 Å². The van der Waals surface area contributed by atoms with Crippen LogP contribution in [0.4, 0.5) is 0 Å². The van der Waals surface area contributed by atoms with Gasteiger partial charge in [0, 0.05) is 6.61 Å². The Hall–Kier alpha value is -1.06. The van der Waals surface area contributed by atoms with Crippen molar-refractivity contribution in [3.63, 3.8) is 0 Å². The van der Waals surface area contributed by atoms with E-state index in [2.05, 4.69) is 6.07 Å².